The molecule has 78 valence electrons. The summed E-state index contributed by atoms with van der Waals surface area (Å²) in [6, 6.07) is 13.7. The Morgan fingerprint density at radius 3 is 2.31 bits per heavy atom. The molecule has 2 heteroatoms. The van der Waals surface area contributed by atoms with E-state index >= 15 is 0 Å². The van der Waals surface area contributed by atoms with Gasteiger partial charge in [0.25, 0.3) is 0 Å². The van der Waals surface area contributed by atoms with Crippen LogP contribution < -0.4 is 0 Å². The van der Waals surface area contributed by atoms with Gasteiger partial charge in [0.15, 0.2) is 0 Å². The Hall–Kier alpha value is -2.40. The van der Waals surface area contributed by atoms with Crippen LogP contribution >= 0.6 is 0 Å². The first-order valence-corrected chi connectivity index (χ1v) is 4.85. The molecule has 2 rings (SSSR count). The van der Waals surface area contributed by atoms with E-state index in [9.17, 15) is 10.2 Å². The van der Waals surface area contributed by atoms with Crippen LogP contribution in [0, 0.1) is 11.8 Å². The van der Waals surface area contributed by atoms with Gasteiger partial charge in [-0.2, -0.15) is 0 Å². The van der Waals surface area contributed by atoms with E-state index in [1.165, 1.54) is 18.2 Å². The van der Waals surface area contributed by atoms with Crippen molar-refractivity contribution in [2.24, 2.45) is 0 Å². The first-order chi connectivity index (χ1) is 7.75. The zero-order valence-corrected chi connectivity index (χ0v) is 8.51. The fourth-order valence-corrected chi connectivity index (χ4v) is 1.29. The molecule has 0 aliphatic rings. The smallest absolute Gasteiger partial charge is 0.131 e. The molecule has 0 bridgehead atoms. The highest BCUT2D eigenvalue weighted by molar-refractivity contribution is 5.51. The van der Waals surface area contributed by atoms with Gasteiger partial charge in [-0.15, -0.1) is 0 Å². The lowest BCUT2D eigenvalue weighted by molar-refractivity contribution is 0.459. The van der Waals surface area contributed by atoms with Crippen molar-refractivity contribution in [1.29, 1.82) is 0 Å². The molecule has 2 nitrogen and oxygen atoms in total. The number of phenolic OH excluding ortho intramolecular Hbond substituents is 2. The maximum atomic E-state index is 9.50. The van der Waals surface area contributed by atoms with E-state index in [1.807, 2.05) is 30.3 Å². The van der Waals surface area contributed by atoms with Gasteiger partial charge >= 0.3 is 0 Å². The number of aromatic hydroxyl groups is 2. The van der Waals surface area contributed by atoms with Crippen LogP contribution in [0.25, 0.3) is 0 Å². The van der Waals surface area contributed by atoms with E-state index in [0.717, 1.165) is 5.56 Å². The molecule has 0 aliphatic heterocycles. The van der Waals surface area contributed by atoms with E-state index < -0.39 is 0 Å². The first kappa shape index (κ1) is 10.1. The minimum Gasteiger partial charge on any atom is -0.508 e. The lowest BCUT2D eigenvalue weighted by Crippen LogP contribution is -1.77. The minimum absolute atomic E-state index is 0.0706. The highest BCUT2D eigenvalue weighted by atomic mass is 16.3. The predicted octanol–water partition coefficient (Wildman–Crippen LogP) is 2.50. The monoisotopic (exact) mass is 210 g/mol. The minimum atomic E-state index is 0.0706. The van der Waals surface area contributed by atoms with E-state index in [-0.39, 0.29) is 11.5 Å². The largest absolute Gasteiger partial charge is 0.508 e. The number of hydrogen-bond donors (Lipinski definition) is 2. The molecule has 2 aromatic carbocycles. The topological polar surface area (TPSA) is 40.5 Å². The van der Waals surface area contributed by atoms with Gasteiger partial charge in [0.2, 0.25) is 0 Å². The van der Waals surface area contributed by atoms with Gasteiger partial charge in [0.05, 0.1) is 5.56 Å². The van der Waals surface area contributed by atoms with Crippen LogP contribution in [0.4, 0.5) is 0 Å². The van der Waals surface area contributed by atoms with Crippen LogP contribution in [-0.4, -0.2) is 10.2 Å². The van der Waals surface area contributed by atoms with Crippen molar-refractivity contribution >= 4 is 0 Å². The number of phenols is 2. The van der Waals surface area contributed by atoms with Crippen LogP contribution in [-0.2, 0) is 0 Å². The molecule has 0 unspecified atom stereocenters. The van der Waals surface area contributed by atoms with Crippen molar-refractivity contribution in [3.05, 3.63) is 59.7 Å². The standard InChI is InChI=1S/C14H10O2/c15-13-8-9-14(16)12(10-13)7-6-11-4-2-1-3-5-11/h1-5,8-10,15-16H. The maximum Gasteiger partial charge on any atom is 0.131 e. The zero-order valence-electron chi connectivity index (χ0n) is 8.51. The van der Waals surface area contributed by atoms with Gasteiger partial charge in [-0.25, -0.2) is 0 Å². The lowest BCUT2D eigenvalue weighted by atomic mass is 10.1. The molecule has 0 atom stereocenters. The Bertz CT molecular complexity index is 548. The van der Waals surface area contributed by atoms with Crippen LogP contribution in [0.15, 0.2) is 48.5 Å². The van der Waals surface area contributed by atoms with Gasteiger partial charge < -0.3 is 10.2 Å². The summed E-state index contributed by atoms with van der Waals surface area (Å²) in [6.07, 6.45) is 0. The summed E-state index contributed by atoms with van der Waals surface area (Å²) in [6.45, 7) is 0. The normalized spacial score (nSPS) is 9.25. The molecule has 0 heterocycles. The predicted molar refractivity (Wildman–Crippen MR) is 62.2 cm³/mol. The Balaban J connectivity index is 2.34. The first-order valence-electron chi connectivity index (χ1n) is 4.85. The third kappa shape index (κ3) is 2.34. The Morgan fingerprint density at radius 2 is 1.56 bits per heavy atom. The van der Waals surface area contributed by atoms with Crippen molar-refractivity contribution in [3.8, 4) is 23.3 Å². The van der Waals surface area contributed by atoms with Crippen LogP contribution in [0.1, 0.15) is 11.1 Å². The maximum absolute atomic E-state index is 9.50. The highest BCUT2D eigenvalue weighted by Gasteiger charge is 1.98. The molecule has 0 radical (unpaired) electrons. The molecular formula is C14H10O2. The van der Waals surface area contributed by atoms with Crippen LogP contribution in [0.2, 0.25) is 0 Å². The Kier molecular flexibility index (Phi) is 2.79. The summed E-state index contributed by atoms with van der Waals surface area (Å²) in [5.74, 6) is 5.88. The van der Waals surface area contributed by atoms with Gasteiger partial charge in [0.1, 0.15) is 11.5 Å². The van der Waals surface area contributed by atoms with Crippen molar-refractivity contribution in [2.75, 3.05) is 0 Å². The Labute approximate surface area is 93.8 Å². The van der Waals surface area contributed by atoms with Crippen molar-refractivity contribution in [1.82, 2.24) is 0 Å². The third-order valence-electron chi connectivity index (χ3n) is 2.10. The van der Waals surface area contributed by atoms with Crippen molar-refractivity contribution in [3.63, 3.8) is 0 Å². The highest BCUT2D eigenvalue weighted by Crippen LogP contribution is 2.20. The summed E-state index contributed by atoms with van der Waals surface area (Å²) in [4.78, 5) is 0. The van der Waals surface area contributed by atoms with Crippen molar-refractivity contribution < 1.29 is 10.2 Å². The summed E-state index contributed by atoms with van der Waals surface area (Å²) < 4.78 is 0. The zero-order chi connectivity index (χ0) is 11.4. The fraction of sp³-hybridized carbons (Fsp3) is 0. The second-order valence-electron chi connectivity index (χ2n) is 3.32. The molecule has 16 heavy (non-hydrogen) atoms. The van der Waals surface area contributed by atoms with Gasteiger partial charge in [-0.05, 0) is 30.3 Å². The summed E-state index contributed by atoms with van der Waals surface area (Å²) in [5, 5.41) is 18.8. The second-order valence-corrected chi connectivity index (χ2v) is 3.32. The molecule has 0 aliphatic carbocycles. The summed E-state index contributed by atoms with van der Waals surface area (Å²) in [7, 11) is 0. The average Bonchev–Trinajstić information content (AvgIpc) is 2.32. The quantitative estimate of drug-likeness (QED) is 0.518. The SMILES string of the molecule is Oc1ccc(O)c(C#Cc2ccccc2)c1. The van der Waals surface area contributed by atoms with E-state index in [4.69, 9.17) is 0 Å². The van der Waals surface area contributed by atoms with Crippen LogP contribution in [0.5, 0.6) is 11.5 Å². The van der Waals surface area contributed by atoms with E-state index in [2.05, 4.69) is 11.8 Å². The molecule has 0 saturated heterocycles. The molecule has 0 amide bonds. The van der Waals surface area contributed by atoms with Gasteiger partial charge in [-0.3, -0.25) is 0 Å². The van der Waals surface area contributed by atoms with Crippen molar-refractivity contribution in [2.45, 2.75) is 0 Å². The number of benzene rings is 2. The molecule has 0 saturated carbocycles. The molecular weight excluding hydrogens is 200 g/mol. The fourth-order valence-electron chi connectivity index (χ4n) is 1.29. The summed E-state index contributed by atoms with van der Waals surface area (Å²) >= 11 is 0. The van der Waals surface area contributed by atoms with E-state index in [0.29, 0.717) is 5.56 Å². The molecule has 0 aromatic heterocycles. The lowest BCUT2D eigenvalue weighted by Gasteiger charge is -1.96. The van der Waals surface area contributed by atoms with Gasteiger partial charge in [0, 0.05) is 5.56 Å². The van der Waals surface area contributed by atoms with E-state index in [1.54, 1.807) is 0 Å². The van der Waals surface area contributed by atoms with Crippen LogP contribution in [0.3, 0.4) is 0 Å². The second kappa shape index (κ2) is 4.41. The molecule has 2 N–H and O–H groups in total. The number of hydrogen-bond acceptors (Lipinski definition) is 2. The Morgan fingerprint density at radius 1 is 0.812 bits per heavy atom. The molecule has 2 aromatic rings. The molecule has 0 spiro atoms. The third-order valence-corrected chi connectivity index (χ3v) is 2.10. The molecule has 0 fully saturated rings. The summed E-state index contributed by atoms with van der Waals surface area (Å²) in [5.41, 5.74) is 1.29. The van der Waals surface area contributed by atoms with Gasteiger partial charge in [-0.1, -0.05) is 30.0 Å². The number of rotatable bonds is 0. The average molecular weight is 210 g/mol.